The molecule has 1 fully saturated rings. The number of piperidine rings is 1. The number of benzene rings is 1. The standard InChI is InChI=1S/C23H27Cl2N7OS/c1-14-20(15(2)32(29-14)13-16-7-8-17(24)11-18(16)25)28-23(34)27-19-12-26-30(3)21(19)22(33)31-9-5-4-6-10-31/h7-8,11-12H,4-6,9-10,13H2,1-3H3,(H2,27,28,34). The normalized spacial score (nSPS) is 13.7. The lowest BCUT2D eigenvalue weighted by Crippen LogP contribution is -2.37. The van der Waals surface area contributed by atoms with E-state index in [4.69, 9.17) is 35.4 Å². The number of aryl methyl sites for hydroxylation is 2. The van der Waals surface area contributed by atoms with E-state index in [1.165, 1.54) is 0 Å². The predicted molar refractivity (Wildman–Crippen MR) is 140 cm³/mol. The Kier molecular flexibility index (Phi) is 7.45. The summed E-state index contributed by atoms with van der Waals surface area (Å²) in [5, 5.41) is 16.8. The van der Waals surface area contributed by atoms with Gasteiger partial charge in [0, 0.05) is 30.2 Å². The second-order valence-electron chi connectivity index (χ2n) is 8.40. The van der Waals surface area contributed by atoms with Gasteiger partial charge in [0.15, 0.2) is 5.11 Å². The number of rotatable bonds is 5. The average Bonchev–Trinajstić information content (AvgIpc) is 3.29. The Hall–Kier alpha value is -2.62. The highest BCUT2D eigenvalue weighted by molar-refractivity contribution is 7.80. The molecule has 0 bridgehead atoms. The fourth-order valence-corrected chi connectivity index (χ4v) is 4.82. The minimum absolute atomic E-state index is 0.0370. The van der Waals surface area contributed by atoms with E-state index in [1.807, 2.05) is 35.6 Å². The van der Waals surface area contributed by atoms with Gasteiger partial charge in [-0.1, -0.05) is 29.3 Å². The van der Waals surface area contributed by atoms with Crippen molar-refractivity contribution in [3.05, 3.63) is 57.1 Å². The van der Waals surface area contributed by atoms with Crippen molar-refractivity contribution in [1.82, 2.24) is 24.5 Å². The number of hydrogen-bond acceptors (Lipinski definition) is 4. The number of halogens is 2. The summed E-state index contributed by atoms with van der Waals surface area (Å²) < 4.78 is 3.46. The van der Waals surface area contributed by atoms with E-state index in [1.54, 1.807) is 24.0 Å². The third-order valence-corrected chi connectivity index (χ3v) is 6.78. The predicted octanol–water partition coefficient (Wildman–Crippen LogP) is 5.02. The molecule has 34 heavy (non-hydrogen) atoms. The number of nitrogens with one attached hydrogen (secondary N) is 2. The number of carbonyl (C=O) groups excluding carboxylic acids is 1. The van der Waals surface area contributed by atoms with Gasteiger partial charge in [-0.3, -0.25) is 14.2 Å². The van der Waals surface area contributed by atoms with Crippen LogP contribution in [-0.4, -0.2) is 48.6 Å². The van der Waals surface area contributed by atoms with E-state index in [0.717, 1.165) is 55.0 Å². The van der Waals surface area contributed by atoms with Crippen LogP contribution in [0.3, 0.4) is 0 Å². The van der Waals surface area contributed by atoms with Crippen molar-refractivity contribution in [2.45, 2.75) is 39.7 Å². The summed E-state index contributed by atoms with van der Waals surface area (Å²) in [5.74, 6) is -0.0370. The number of nitrogens with zero attached hydrogens (tertiary/aromatic N) is 5. The van der Waals surface area contributed by atoms with Crippen LogP contribution in [0.25, 0.3) is 0 Å². The minimum atomic E-state index is -0.0370. The molecule has 1 aliphatic rings. The van der Waals surface area contributed by atoms with Gasteiger partial charge in [0.25, 0.3) is 5.91 Å². The molecule has 11 heteroatoms. The van der Waals surface area contributed by atoms with Gasteiger partial charge in [0.05, 0.1) is 35.5 Å². The first-order valence-corrected chi connectivity index (χ1v) is 12.3. The van der Waals surface area contributed by atoms with Gasteiger partial charge in [-0.05, 0) is 63.0 Å². The smallest absolute Gasteiger partial charge is 0.274 e. The first-order chi connectivity index (χ1) is 16.2. The van der Waals surface area contributed by atoms with Gasteiger partial charge >= 0.3 is 0 Å². The number of aromatic nitrogens is 4. The van der Waals surface area contributed by atoms with Crippen molar-refractivity contribution >= 4 is 57.8 Å². The zero-order chi connectivity index (χ0) is 24.4. The number of carbonyl (C=O) groups is 1. The molecule has 4 rings (SSSR count). The average molecular weight is 520 g/mol. The quantitative estimate of drug-likeness (QED) is 0.460. The second kappa shape index (κ2) is 10.3. The van der Waals surface area contributed by atoms with Crippen molar-refractivity contribution in [3.63, 3.8) is 0 Å². The van der Waals surface area contributed by atoms with Crippen LogP contribution in [-0.2, 0) is 13.6 Å². The number of hydrogen-bond donors (Lipinski definition) is 2. The monoisotopic (exact) mass is 519 g/mol. The molecule has 0 radical (unpaired) electrons. The maximum Gasteiger partial charge on any atom is 0.274 e. The Morgan fingerprint density at radius 2 is 1.88 bits per heavy atom. The van der Waals surface area contributed by atoms with Crippen LogP contribution in [0.15, 0.2) is 24.4 Å². The molecule has 0 saturated carbocycles. The van der Waals surface area contributed by atoms with Crippen LogP contribution in [0.1, 0.15) is 46.7 Å². The SMILES string of the molecule is Cc1nn(Cc2ccc(Cl)cc2Cl)c(C)c1NC(=S)Nc1cnn(C)c1C(=O)N1CCCCC1. The van der Waals surface area contributed by atoms with E-state index < -0.39 is 0 Å². The van der Waals surface area contributed by atoms with Crippen molar-refractivity contribution in [2.75, 3.05) is 23.7 Å². The summed E-state index contributed by atoms with van der Waals surface area (Å²) in [6.07, 6.45) is 4.83. The largest absolute Gasteiger partial charge is 0.337 e. The van der Waals surface area contributed by atoms with Crippen molar-refractivity contribution in [1.29, 1.82) is 0 Å². The number of anilines is 2. The summed E-state index contributed by atoms with van der Waals surface area (Å²) in [7, 11) is 1.76. The number of amides is 1. The van der Waals surface area contributed by atoms with Crippen LogP contribution in [0, 0.1) is 13.8 Å². The Labute approximate surface area is 214 Å². The first-order valence-electron chi connectivity index (χ1n) is 11.1. The van der Waals surface area contributed by atoms with Gasteiger partial charge in [0.1, 0.15) is 5.69 Å². The molecule has 0 aliphatic carbocycles. The maximum absolute atomic E-state index is 13.1. The maximum atomic E-state index is 13.1. The van der Waals surface area contributed by atoms with Gasteiger partial charge < -0.3 is 15.5 Å². The summed E-state index contributed by atoms with van der Waals surface area (Å²) in [5.41, 5.74) is 4.49. The highest BCUT2D eigenvalue weighted by Gasteiger charge is 2.25. The lowest BCUT2D eigenvalue weighted by atomic mass is 10.1. The molecule has 180 valence electrons. The lowest BCUT2D eigenvalue weighted by Gasteiger charge is -2.27. The van der Waals surface area contributed by atoms with Crippen LogP contribution in [0.4, 0.5) is 11.4 Å². The van der Waals surface area contributed by atoms with Gasteiger partial charge in [-0.25, -0.2) is 0 Å². The molecule has 1 aromatic carbocycles. The molecule has 0 atom stereocenters. The number of likely N-dealkylation sites (tertiary alicyclic amines) is 1. The van der Waals surface area contributed by atoms with Gasteiger partial charge in [-0.2, -0.15) is 10.2 Å². The summed E-state index contributed by atoms with van der Waals surface area (Å²) in [6, 6.07) is 5.42. The Balaban J connectivity index is 1.48. The van der Waals surface area contributed by atoms with E-state index in [9.17, 15) is 4.79 Å². The lowest BCUT2D eigenvalue weighted by molar-refractivity contribution is 0.0714. The van der Waals surface area contributed by atoms with E-state index in [0.29, 0.717) is 33.1 Å². The van der Waals surface area contributed by atoms with Gasteiger partial charge in [0.2, 0.25) is 0 Å². The highest BCUT2D eigenvalue weighted by Crippen LogP contribution is 2.26. The Morgan fingerprint density at radius 1 is 1.15 bits per heavy atom. The Bertz CT molecular complexity index is 1230. The minimum Gasteiger partial charge on any atom is -0.337 e. The molecule has 1 aliphatic heterocycles. The zero-order valence-corrected chi connectivity index (χ0v) is 21.7. The molecule has 8 nitrogen and oxygen atoms in total. The van der Waals surface area contributed by atoms with Crippen molar-refractivity contribution in [3.8, 4) is 0 Å². The molecule has 1 saturated heterocycles. The summed E-state index contributed by atoms with van der Waals surface area (Å²) >= 11 is 17.9. The molecule has 1 amide bonds. The molecule has 2 aromatic heterocycles. The highest BCUT2D eigenvalue weighted by atomic mass is 35.5. The van der Waals surface area contributed by atoms with E-state index in [-0.39, 0.29) is 5.91 Å². The molecule has 3 aromatic rings. The van der Waals surface area contributed by atoms with E-state index in [2.05, 4.69) is 20.8 Å². The second-order valence-corrected chi connectivity index (χ2v) is 9.65. The fraction of sp³-hybridized carbons (Fsp3) is 0.391. The summed E-state index contributed by atoms with van der Waals surface area (Å²) in [6.45, 7) is 5.90. The van der Waals surface area contributed by atoms with Crippen LogP contribution in [0.5, 0.6) is 0 Å². The van der Waals surface area contributed by atoms with Crippen LogP contribution >= 0.6 is 35.4 Å². The van der Waals surface area contributed by atoms with Gasteiger partial charge in [-0.15, -0.1) is 0 Å². The third kappa shape index (κ3) is 5.21. The molecular weight excluding hydrogens is 493 g/mol. The Morgan fingerprint density at radius 3 is 2.59 bits per heavy atom. The number of thiocarbonyl (C=S) groups is 1. The van der Waals surface area contributed by atoms with Crippen molar-refractivity contribution in [2.24, 2.45) is 7.05 Å². The van der Waals surface area contributed by atoms with Crippen LogP contribution < -0.4 is 10.6 Å². The fourth-order valence-electron chi connectivity index (χ4n) is 4.14. The van der Waals surface area contributed by atoms with E-state index >= 15 is 0 Å². The molecule has 2 N–H and O–H groups in total. The van der Waals surface area contributed by atoms with Crippen molar-refractivity contribution < 1.29 is 4.79 Å². The first kappa shape index (κ1) is 24.5. The van der Waals surface area contributed by atoms with Crippen LogP contribution in [0.2, 0.25) is 10.0 Å². The molecular formula is C23H27Cl2N7OS. The molecule has 0 unspecified atom stereocenters. The zero-order valence-electron chi connectivity index (χ0n) is 19.4. The molecule has 0 spiro atoms. The topological polar surface area (TPSA) is 80.0 Å². The molecule has 3 heterocycles. The summed E-state index contributed by atoms with van der Waals surface area (Å²) in [4.78, 5) is 15.0. The third-order valence-electron chi connectivity index (χ3n) is 5.99.